The van der Waals surface area contributed by atoms with Crippen molar-refractivity contribution in [3.05, 3.63) is 35.4 Å². The number of amides is 1. The lowest BCUT2D eigenvalue weighted by Gasteiger charge is -2.21. The first-order valence-corrected chi connectivity index (χ1v) is 9.95. The first-order valence-electron chi connectivity index (χ1n) is 9.95. The minimum Gasteiger partial charge on any atom is -0.352 e. The number of carbonyl (C=O) groups excluding carboxylic acids is 1. The second-order valence-corrected chi connectivity index (χ2v) is 8.32. The van der Waals surface area contributed by atoms with E-state index in [1.165, 1.54) is 62.7 Å². The number of quaternary nitrogens is 1. The predicted molar refractivity (Wildman–Crippen MR) is 95.5 cm³/mol. The maximum atomic E-state index is 12.4. The summed E-state index contributed by atoms with van der Waals surface area (Å²) in [4.78, 5) is 14.1. The van der Waals surface area contributed by atoms with Crippen LogP contribution in [0.2, 0.25) is 0 Å². The summed E-state index contributed by atoms with van der Waals surface area (Å²) in [7, 11) is 0. The lowest BCUT2D eigenvalue weighted by Crippen LogP contribution is -3.08. The number of hydrogen-bond donors (Lipinski definition) is 2. The Morgan fingerprint density at radius 1 is 1.08 bits per heavy atom. The number of carbonyl (C=O) groups is 1. The average Bonchev–Trinajstić information content (AvgIpc) is 3.32. The molecule has 1 aliphatic heterocycles. The van der Waals surface area contributed by atoms with Gasteiger partial charge in [0.15, 0.2) is 0 Å². The molecule has 0 spiro atoms. The average molecular weight is 327 g/mol. The lowest BCUT2D eigenvalue weighted by molar-refractivity contribution is -0.901. The zero-order chi connectivity index (χ0) is 16.4. The summed E-state index contributed by atoms with van der Waals surface area (Å²) < 4.78 is 0. The third-order valence-corrected chi connectivity index (χ3v) is 6.68. The molecule has 0 radical (unpaired) electrons. The van der Waals surface area contributed by atoms with Crippen LogP contribution in [0.3, 0.4) is 0 Å². The molecule has 3 heteroatoms. The van der Waals surface area contributed by atoms with E-state index in [1.54, 1.807) is 4.90 Å². The van der Waals surface area contributed by atoms with Crippen molar-refractivity contribution in [3.63, 3.8) is 0 Å². The largest absolute Gasteiger partial charge is 0.352 e. The Balaban J connectivity index is 1.29. The van der Waals surface area contributed by atoms with Crippen LogP contribution >= 0.6 is 0 Å². The maximum absolute atomic E-state index is 12.4. The first-order chi connectivity index (χ1) is 11.8. The molecule has 1 amide bonds. The molecule has 0 aromatic heterocycles. The third kappa shape index (κ3) is 3.66. The number of nitrogens with one attached hydrogen (secondary N) is 2. The van der Waals surface area contributed by atoms with E-state index in [-0.39, 0.29) is 5.91 Å². The van der Waals surface area contributed by atoms with Gasteiger partial charge >= 0.3 is 0 Å². The van der Waals surface area contributed by atoms with Crippen LogP contribution in [0.15, 0.2) is 24.3 Å². The van der Waals surface area contributed by atoms with Crippen LogP contribution in [0.25, 0.3) is 0 Å². The Hall–Kier alpha value is -1.35. The summed E-state index contributed by atoms with van der Waals surface area (Å²) in [6, 6.07) is 8.65. The molecule has 0 unspecified atom stereocenters. The molecule has 24 heavy (non-hydrogen) atoms. The first kappa shape index (κ1) is 16.1. The van der Waals surface area contributed by atoms with Gasteiger partial charge in [-0.2, -0.15) is 0 Å². The van der Waals surface area contributed by atoms with Gasteiger partial charge in [-0.1, -0.05) is 30.7 Å². The van der Waals surface area contributed by atoms with E-state index >= 15 is 0 Å². The van der Waals surface area contributed by atoms with Gasteiger partial charge in [-0.25, -0.2) is 0 Å². The minimum atomic E-state index is 0.260. The highest BCUT2D eigenvalue weighted by Gasteiger charge is 2.40. The monoisotopic (exact) mass is 327 g/mol. The van der Waals surface area contributed by atoms with Crippen LogP contribution in [0.1, 0.15) is 56.1 Å². The molecule has 3 atom stereocenters. The quantitative estimate of drug-likeness (QED) is 0.826. The van der Waals surface area contributed by atoms with Gasteiger partial charge in [-0.15, -0.1) is 0 Å². The molecule has 1 heterocycles. The van der Waals surface area contributed by atoms with Gasteiger partial charge in [0.05, 0.1) is 13.1 Å². The normalized spacial score (nSPS) is 29.2. The van der Waals surface area contributed by atoms with E-state index < -0.39 is 0 Å². The molecule has 4 rings (SSSR count). The van der Waals surface area contributed by atoms with E-state index in [9.17, 15) is 4.79 Å². The molecule has 2 aliphatic carbocycles. The molecule has 1 aromatic carbocycles. The Bertz CT molecular complexity index is 579. The van der Waals surface area contributed by atoms with Crippen LogP contribution in [0, 0.1) is 17.8 Å². The number of benzene rings is 1. The fourth-order valence-corrected chi connectivity index (χ4v) is 5.35. The van der Waals surface area contributed by atoms with E-state index in [1.807, 2.05) is 0 Å². The molecular formula is C21H31N2O+. The van der Waals surface area contributed by atoms with E-state index in [0.29, 0.717) is 12.5 Å². The summed E-state index contributed by atoms with van der Waals surface area (Å²) in [5, 5.41) is 3.20. The van der Waals surface area contributed by atoms with Crippen molar-refractivity contribution in [2.45, 2.75) is 58.0 Å². The summed E-state index contributed by atoms with van der Waals surface area (Å²) >= 11 is 0. The summed E-state index contributed by atoms with van der Waals surface area (Å²) in [5.41, 5.74) is 2.72. The van der Waals surface area contributed by atoms with Gasteiger partial charge in [0.2, 0.25) is 5.91 Å². The van der Waals surface area contributed by atoms with Crippen LogP contribution in [-0.4, -0.2) is 19.0 Å². The minimum absolute atomic E-state index is 0.260. The third-order valence-electron chi connectivity index (χ3n) is 6.68. The predicted octanol–water partition coefficient (Wildman–Crippen LogP) is 2.31. The molecule has 2 N–H and O–H groups in total. The van der Waals surface area contributed by atoms with E-state index in [0.717, 1.165) is 24.8 Å². The topological polar surface area (TPSA) is 33.5 Å². The maximum Gasteiger partial charge on any atom is 0.220 e. The number of likely N-dealkylation sites (tertiary alicyclic amines) is 1. The number of rotatable bonds is 6. The van der Waals surface area contributed by atoms with Gasteiger partial charge in [0.25, 0.3) is 0 Å². The molecule has 130 valence electrons. The Labute approximate surface area is 145 Å². The van der Waals surface area contributed by atoms with Crippen molar-refractivity contribution in [3.8, 4) is 0 Å². The zero-order valence-electron chi connectivity index (χ0n) is 14.7. The van der Waals surface area contributed by atoms with E-state index in [4.69, 9.17) is 0 Å². The van der Waals surface area contributed by atoms with Crippen molar-refractivity contribution >= 4 is 5.91 Å². The second-order valence-electron chi connectivity index (χ2n) is 8.32. The van der Waals surface area contributed by atoms with Gasteiger partial charge in [0.1, 0.15) is 6.54 Å². The summed E-state index contributed by atoms with van der Waals surface area (Å²) in [6.45, 7) is 4.40. The molecular weight excluding hydrogens is 296 g/mol. The van der Waals surface area contributed by atoms with E-state index in [2.05, 4.69) is 29.6 Å². The summed E-state index contributed by atoms with van der Waals surface area (Å²) in [6.07, 6.45) is 8.93. The van der Waals surface area contributed by atoms with Crippen LogP contribution in [-0.2, 0) is 17.9 Å². The van der Waals surface area contributed by atoms with Gasteiger partial charge in [0, 0.05) is 31.4 Å². The Morgan fingerprint density at radius 2 is 1.88 bits per heavy atom. The zero-order valence-corrected chi connectivity index (χ0v) is 14.7. The lowest BCUT2D eigenvalue weighted by atomic mass is 9.86. The van der Waals surface area contributed by atoms with Crippen molar-refractivity contribution in [2.75, 3.05) is 13.1 Å². The van der Waals surface area contributed by atoms with Crippen LogP contribution in [0.5, 0.6) is 0 Å². The highest BCUT2D eigenvalue weighted by molar-refractivity contribution is 5.76. The highest BCUT2D eigenvalue weighted by Crippen LogP contribution is 2.49. The van der Waals surface area contributed by atoms with Gasteiger partial charge in [-0.05, 0) is 42.6 Å². The van der Waals surface area contributed by atoms with Crippen molar-refractivity contribution in [1.82, 2.24) is 5.32 Å². The molecule has 3 fully saturated rings. The standard InChI is InChI=1S/C21H30N2O/c24-21(13-20-12-16-7-8-17(20)11-16)22-14-18-5-1-2-6-19(18)15-23-9-3-4-10-23/h1-2,5-6,16-17,20H,3-4,7-15H2,(H,22,24)/p+1/t16-,17+,20-/m0/s1. The Kier molecular flexibility index (Phi) is 4.88. The second kappa shape index (κ2) is 7.26. The van der Waals surface area contributed by atoms with Crippen molar-refractivity contribution < 1.29 is 9.69 Å². The molecule has 1 aromatic rings. The van der Waals surface area contributed by atoms with Crippen LogP contribution < -0.4 is 10.2 Å². The molecule has 3 aliphatic rings. The molecule has 1 saturated heterocycles. The Morgan fingerprint density at radius 3 is 2.58 bits per heavy atom. The van der Waals surface area contributed by atoms with Crippen molar-refractivity contribution in [2.24, 2.45) is 17.8 Å². The molecule has 3 nitrogen and oxygen atoms in total. The highest BCUT2D eigenvalue weighted by atomic mass is 16.1. The summed E-state index contributed by atoms with van der Waals surface area (Å²) in [5.74, 6) is 2.69. The molecule has 2 bridgehead atoms. The number of fused-ring (bicyclic) bond motifs is 2. The fourth-order valence-electron chi connectivity index (χ4n) is 5.35. The smallest absolute Gasteiger partial charge is 0.220 e. The van der Waals surface area contributed by atoms with Gasteiger partial charge in [-0.3, -0.25) is 4.79 Å². The van der Waals surface area contributed by atoms with Gasteiger partial charge < -0.3 is 10.2 Å². The van der Waals surface area contributed by atoms with Crippen LogP contribution in [0.4, 0.5) is 0 Å². The number of hydrogen-bond acceptors (Lipinski definition) is 1. The SMILES string of the molecule is O=C(C[C@@H]1C[C@H]2CC[C@@H]1C2)NCc1ccccc1C[NH+]1CCCC1. The van der Waals surface area contributed by atoms with Crippen molar-refractivity contribution in [1.29, 1.82) is 0 Å². The fraction of sp³-hybridized carbons (Fsp3) is 0.667. The molecule has 2 saturated carbocycles.